The van der Waals surface area contributed by atoms with Crippen LogP contribution in [0.15, 0.2) is 86.0 Å². The Hall–Kier alpha value is -2.81. The molecule has 6 nitrogen and oxygen atoms in total. The van der Waals surface area contributed by atoms with Crippen molar-refractivity contribution < 1.29 is 9.53 Å². The number of halogens is 2. The van der Waals surface area contributed by atoms with Crippen molar-refractivity contribution in [2.45, 2.75) is 43.1 Å². The van der Waals surface area contributed by atoms with Crippen molar-refractivity contribution in [2.75, 3.05) is 5.01 Å². The molecule has 0 N–H and O–H groups in total. The van der Waals surface area contributed by atoms with E-state index in [2.05, 4.69) is 20.9 Å². The lowest BCUT2D eigenvalue weighted by Crippen LogP contribution is -2.45. The molecule has 0 fully saturated rings. The molecule has 0 unspecified atom stereocenters. The van der Waals surface area contributed by atoms with Crippen LogP contribution in [0.3, 0.4) is 0 Å². The van der Waals surface area contributed by atoms with Gasteiger partial charge in [0.05, 0.1) is 16.6 Å². The summed E-state index contributed by atoms with van der Waals surface area (Å²) < 4.78 is 7.57. The number of hydrogen-bond acceptors (Lipinski definition) is 5. The maximum absolute atomic E-state index is 13.7. The molecule has 0 bridgehead atoms. The maximum atomic E-state index is 13.7. The van der Waals surface area contributed by atoms with Crippen molar-refractivity contribution in [3.8, 4) is 0 Å². The highest BCUT2D eigenvalue weighted by Crippen LogP contribution is 2.38. The number of fused-ring (bicyclic) bond motifs is 1. The van der Waals surface area contributed by atoms with E-state index in [1.165, 1.54) is 27.8 Å². The Morgan fingerprint density at radius 3 is 2.51 bits per heavy atom. The molecule has 0 spiro atoms. The van der Waals surface area contributed by atoms with E-state index in [4.69, 9.17) is 16.3 Å². The zero-order chi connectivity index (χ0) is 25.3. The minimum Gasteiger partial charge on any atom is -0.442 e. The van der Waals surface area contributed by atoms with Crippen molar-refractivity contribution in [3.63, 3.8) is 0 Å². The lowest BCUT2D eigenvalue weighted by Gasteiger charge is -2.29. The third-order valence-corrected chi connectivity index (χ3v) is 6.76. The average molecular weight is 573 g/mol. The number of aryl methyl sites for hydroxylation is 1. The molecule has 0 radical (unpaired) electrons. The first-order chi connectivity index (χ1) is 16.5. The van der Waals surface area contributed by atoms with Gasteiger partial charge in [0.1, 0.15) is 11.9 Å². The van der Waals surface area contributed by atoms with Crippen molar-refractivity contribution in [2.24, 2.45) is 0 Å². The van der Waals surface area contributed by atoms with Crippen LogP contribution in [0.1, 0.15) is 26.3 Å². The largest absolute Gasteiger partial charge is 0.442 e. The van der Waals surface area contributed by atoms with Crippen molar-refractivity contribution in [3.05, 3.63) is 92.4 Å². The van der Waals surface area contributed by atoms with Gasteiger partial charge in [0.15, 0.2) is 0 Å². The number of carbonyl (C=O) groups excluding carboxylic acids is 1. The predicted octanol–water partition coefficient (Wildman–Crippen LogP) is 7.48. The number of amides is 1. The lowest BCUT2D eigenvalue weighted by molar-refractivity contribution is 0.0561. The molecule has 35 heavy (non-hydrogen) atoms. The third-order valence-electron chi connectivity index (χ3n) is 4.84. The number of nitrogens with zero attached hydrogens (tertiary/aromatic N) is 3. The smallest absolute Gasteiger partial charge is 0.434 e. The summed E-state index contributed by atoms with van der Waals surface area (Å²) in [4.78, 5) is 33.4. The van der Waals surface area contributed by atoms with Gasteiger partial charge in [-0.2, -0.15) is 9.69 Å². The van der Waals surface area contributed by atoms with E-state index in [-0.39, 0.29) is 0 Å². The van der Waals surface area contributed by atoms with E-state index < -0.39 is 17.3 Å². The van der Waals surface area contributed by atoms with Crippen LogP contribution in [0.2, 0.25) is 5.02 Å². The molecule has 0 saturated heterocycles. The van der Waals surface area contributed by atoms with Gasteiger partial charge in [0.2, 0.25) is 0 Å². The van der Waals surface area contributed by atoms with Crippen molar-refractivity contribution >= 4 is 62.0 Å². The molecule has 3 aromatic carbocycles. The first kappa shape index (κ1) is 25.3. The van der Waals surface area contributed by atoms with E-state index in [0.29, 0.717) is 31.0 Å². The van der Waals surface area contributed by atoms with Gasteiger partial charge < -0.3 is 4.74 Å². The van der Waals surface area contributed by atoms with Gasteiger partial charge in [-0.3, -0.25) is 4.79 Å². The summed E-state index contributed by atoms with van der Waals surface area (Å²) in [7, 11) is 0. The van der Waals surface area contributed by atoms with Gasteiger partial charge in [0, 0.05) is 19.3 Å². The molecule has 4 rings (SSSR count). The Kier molecular flexibility index (Phi) is 7.26. The van der Waals surface area contributed by atoms with Gasteiger partial charge in [0.25, 0.3) is 5.56 Å². The first-order valence-electron chi connectivity index (χ1n) is 10.8. The summed E-state index contributed by atoms with van der Waals surface area (Å²) in [6.07, 6.45) is 0.594. The molecule has 0 saturated carbocycles. The molecule has 1 aromatic heterocycles. The van der Waals surface area contributed by atoms with Crippen LogP contribution in [-0.4, -0.2) is 21.4 Å². The fraction of sp³-hybridized carbons (Fsp3) is 0.192. The standard InChI is InChI=1S/C26H23BrClN3O3S/c1-16-12-19-23(20(27)13-16)29-15-30(24(19)32)31(25(33)34-26(2,3)4)21-14-17(28)10-11-22(21)35-18-8-6-5-7-9-18/h5-15H,1-4H3. The van der Waals surface area contributed by atoms with Gasteiger partial charge in [-0.05, 0) is 91.7 Å². The number of benzene rings is 3. The maximum Gasteiger partial charge on any atom is 0.434 e. The molecule has 180 valence electrons. The quantitative estimate of drug-likeness (QED) is 0.254. The fourth-order valence-corrected chi connectivity index (χ4v) is 5.20. The van der Waals surface area contributed by atoms with Crippen LogP contribution < -0.4 is 10.6 Å². The highest BCUT2D eigenvalue weighted by Gasteiger charge is 2.29. The number of ether oxygens (including phenoxy) is 1. The van der Waals surface area contributed by atoms with Crippen LogP contribution in [0.4, 0.5) is 10.5 Å². The Morgan fingerprint density at radius 1 is 1.11 bits per heavy atom. The van der Waals surface area contributed by atoms with Crippen LogP contribution in [-0.2, 0) is 4.74 Å². The van der Waals surface area contributed by atoms with Crippen molar-refractivity contribution in [1.82, 2.24) is 9.66 Å². The number of rotatable bonds is 4. The van der Waals surface area contributed by atoms with E-state index in [1.54, 1.807) is 39.0 Å². The summed E-state index contributed by atoms with van der Waals surface area (Å²) in [5, 5.41) is 1.96. The zero-order valence-electron chi connectivity index (χ0n) is 19.6. The lowest BCUT2D eigenvalue weighted by atomic mass is 10.2. The van der Waals surface area contributed by atoms with E-state index in [1.807, 2.05) is 49.4 Å². The Bertz CT molecular complexity index is 1470. The summed E-state index contributed by atoms with van der Waals surface area (Å²) in [6, 6.07) is 18.5. The number of hydrogen-bond donors (Lipinski definition) is 0. The number of carbonyl (C=O) groups is 1. The Morgan fingerprint density at radius 2 is 1.83 bits per heavy atom. The molecule has 1 heterocycles. The molecular weight excluding hydrogens is 550 g/mol. The molecule has 0 aliphatic heterocycles. The fourth-order valence-electron chi connectivity index (χ4n) is 3.42. The topological polar surface area (TPSA) is 64.4 Å². The molecular formula is C26H23BrClN3O3S. The van der Waals surface area contributed by atoms with E-state index in [0.717, 1.165) is 10.5 Å². The third kappa shape index (κ3) is 5.72. The summed E-state index contributed by atoms with van der Waals surface area (Å²) in [6.45, 7) is 7.19. The number of anilines is 1. The second-order valence-corrected chi connectivity index (χ2v) is 11.3. The second-order valence-electron chi connectivity index (χ2n) is 8.86. The highest BCUT2D eigenvalue weighted by molar-refractivity contribution is 9.10. The summed E-state index contributed by atoms with van der Waals surface area (Å²) in [5.74, 6) is 0. The monoisotopic (exact) mass is 571 g/mol. The van der Waals surface area contributed by atoms with Gasteiger partial charge >= 0.3 is 6.09 Å². The average Bonchev–Trinajstić information content (AvgIpc) is 2.77. The summed E-state index contributed by atoms with van der Waals surface area (Å²) >= 11 is 11.3. The normalized spacial score (nSPS) is 11.5. The van der Waals surface area contributed by atoms with Gasteiger partial charge in [-0.1, -0.05) is 41.6 Å². The van der Waals surface area contributed by atoms with Crippen LogP contribution in [0.5, 0.6) is 0 Å². The Labute approximate surface area is 221 Å². The molecule has 1 amide bonds. The van der Waals surface area contributed by atoms with Crippen LogP contribution in [0.25, 0.3) is 10.9 Å². The number of aromatic nitrogens is 2. The summed E-state index contributed by atoms with van der Waals surface area (Å²) in [5.41, 5.74) is 0.573. The predicted molar refractivity (Wildman–Crippen MR) is 145 cm³/mol. The highest BCUT2D eigenvalue weighted by atomic mass is 79.9. The van der Waals surface area contributed by atoms with Crippen LogP contribution in [0, 0.1) is 6.92 Å². The molecule has 0 aliphatic rings. The van der Waals surface area contributed by atoms with Crippen molar-refractivity contribution in [1.29, 1.82) is 0 Å². The molecule has 0 atom stereocenters. The van der Waals surface area contributed by atoms with E-state index in [9.17, 15) is 9.59 Å². The second kappa shape index (κ2) is 10.0. The molecule has 4 aromatic rings. The molecule has 9 heteroatoms. The van der Waals surface area contributed by atoms with Crippen LogP contribution >= 0.6 is 39.3 Å². The Balaban J connectivity index is 1.95. The minimum absolute atomic E-state index is 0.368. The minimum atomic E-state index is -0.797. The SMILES string of the molecule is Cc1cc(Br)c2ncn(N(C(=O)OC(C)(C)C)c3cc(Cl)ccc3Sc3ccccc3)c(=O)c2c1. The zero-order valence-corrected chi connectivity index (χ0v) is 22.7. The molecule has 0 aliphatic carbocycles. The van der Waals surface area contributed by atoms with E-state index >= 15 is 0 Å². The first-order valence-corrected chi connectivity index (χ1v) is 12.8. The van der Waals surface area contributed by atoms with Gasteiger partial charge in [-0.15, -0.1) is 0 Å². The van der Waals surface area contributed by atoms with Gasteiger partial charge in [-0.25, -0.2) is 9.78 Å².